The molecule has 146 valence electrons. The lowest BCUT2D eigenvalue weighted by Crippen LogP contribution is -2.50. The normalized spacial score (nSPS) is 14.4. The second-order valence-electron chi connectivity index (χ2n) is 6.83. The lowest BCUT2D eigenvalue weighted by Gasteiger charge is -2.34. The van der Waals surface area contributed by atoms with Gasteiger partial charge in [0.15, 0.2) is 5.13 Å². The largest absolute Gasteiger partial charge is 0.494 e. The molecule has 0 spiro atoms. The zero-order chi connectivity index (χ0) is 19.5. The maximum atomic E-state index is 12.5. The standard InChI is InChI=1S/C21H24N4O2S/c1-3-27-17-7-8-18-19(14-17)28-21(23-18)25-11-9-24(10-12-25)20(26)22-16-6-4-5-15(2)13-16/h4-8,13-14H,3,9-12H2,1-2H3,(H,22,26). The molecule has 1 saturated heterocycles. The maximum absolute atomic E-state index is 12.5. The van der Waals surface area contributed by atoms with Gasteiger partial charge in [0.2, 0.25) is 0 Å². The summed E-state index contributed by atoms with van der Waals surface area (Å²) in [7, 11) is 0. The van der Waals surface area contributed by atoms with E-state index in [2.05, 4.69) is 10.2 Å². The summed E-state index contributed by atoms with van der Waals surface area (Å²) >= 11 is 1.67. The van der Waals surface area contributed by atoms with Crippen molar-refractivity contribution in [3.05, 3.63) is 48.0 Å². The van der Waals surface area contributed by atoms with Crippen molar-refractivity contribution in [1.82, 2.24) is 9.88 Å². The van der Waals surface area contributed by atoms with Crippen LogP contribution in [0.25, 0.3) is 10.2 Å². The number of fused-ring (bicyclic) bond motifs is 1. The van der Waals surface area contributed by atoms with Crippen molar-refractivity contribution in [1.29, 1.82) is 0 Å². The third-order valence-corrected chi connectivity index (χ3v) is 5.85. The molecule has 1 aliphatic rings. The molecule has 2 amide bonds. The number of nitrogens with one attached hydrogen (secondary N) is 1. The number of benzene rings is 2. The van der Waals surface area contributed by atoms with Gasteiger partial charge in [0, 0.05) is 31.9 Å². The van der Waals surface area contributed by atoms with Crippen LogP contribution in [0.5, 0.6) is 5.75 Å². The molecule has 1 aliphatic heterocycles. The molecule has 7 heteroatoms. The molecular weight excluding hydrogens is 372 g/mol. The maximum Gasteiger partial charge on any atom is 0.321 e. The van der Waals surface area contributed by atoms with Gasteiger partial charge in [0.05, 0.1) is 16.8 Å². The number of ether oxygens (including phenoxy) is 1. The summed E-state index contributed by atoms with van der Waals surface area (Å²) in [6.45, 7) is 7.57. The van der Waals surface area contributed by atoms with Crippen LogP contribution < -0.4 is 15.0 Å². The second-order valence-corrected chi connectivity index (χ2v) is 7.84. The average molecular weight is 397 g/mol. The molecule has 0 unspecified atom stereocenters. The molecule has 1 N–H and O–H groups in total. The van der Waals surface area contributed by atoms with Crippen molar-refractivity contribution in [2.45, 2.75) is 13.8 Å². The second kappa shape index (κ2) is 8.06. The lowest BCUT2D eigenvalue weighted by atomic mass is 10.2. The molecular formula is C21H24N4O2S. The Morgan fingerprint density at radius 2 is 2.00 bits per heavy atom. The number of piperazine rings is 1. The van der Waals surface area contributed by atoms with E-state index in [1.54, 1.807) is 11.3 Å². The van der Waals surface area contributed by atoms with E-state index in [-0.39, 0.29) is 6.03 Å². The number of anilines is 2. The van der Waals surface area contributed by atoms with Gasteiger partial charge in [-0.2, -0.15) is 0 Å². The van der Waals surface area contributed by atoms with E-state index >= 15 is 0 Å². The lowest BCUT2D eigenvalue weighted by molar-refractivity contribution is 0.208. The van der Waals surface area contributed by atoms with Gasteiger partial charge in [0.25, 0.3) is 0 Å². The van der Waals surface area contributed by atoms with Crippen LogP contribution in [-0.4, -0.2) is 48.7 Å². The van der Waals surface area contributed by atoms with E-state index < -0.39 is 0 Å². The van der Waals surface area contributed by atoms with Crippen LogP contribution in [0.3, 0.4) is 0 Å². The monoisotopic (exact) mass is 396 g/mol. The fourth-order valence-corrected chi connectivity index (χ4v) is 4.36. The fraction of sp³-hybridized carbons (Fsp3) is 0.333. The Hall–Kier alpha value is -2.80. The molecule has 2 aromatic carbocycles. The number of carbonyl (C=O) groups excluding carboxylic acids is 1. The van der Waals surface area contributed by atoms with Crippen molar-refractivity contribution < 1.29 is 9.53 Å². The molecule has 2 heterocycles. The minimum atomic E-state index is -0.0455. The van der Waals surface area contributed by atoms with Gasteiger partial charge in [-0.05, 0) is 49.7 Å². The Bertz CT molecular complexity index is 979. The van der Waals surface area contributed by atoms with Crippen LogP contribution in [-0.2, 0) is 0 Å². The minimum absolute atomic E-state index is 0.0455. The summed E-state index contributed by atoms with van der Waals surface area (Å²) in [6, 6.07) is 13.8. The predicted molar refractivity (Wildman–Crippen MR) is 115 cm³/mol. The number of urea groups is 1. The van der Waals surface area contributed by atoms with E-state index in [0.717, 1.165) is 45.4 Å². The van der Waals surface area contributed by atoms with Crippen molar-refractivity contribution in [3.63, 3.8) is 0 Å². The molecule has 1 fully saturated rings. The minimum Gasteiger partial charge on any atom is -0.494 e. The highest BCUT2D eigenvalue weighted by Crippen LogP contribution is 2.32. The van der Waals surface area contributed by atoms with Gasteiger partial charge in [-0.1, -0.05) is 23.5 Å². The summed E-state index contributed by atoms with van der Waals surface area (Å²) in [4.78, 5) is 21.4. The van der Waals surface area contributed by atoms with E-state index in [1.165, 1.54) is 0 Å². The van der Waals surface area contributed by atoms with Gasteiger partial charge < -0.3 is 19.9 Å². The van der Waals surface area contributed by atoms with Crippen LogP contribution >= 0.6 is 11.3 Å². The molecule has 3 aromatic rings. The first-order valence-electron chi connectivity index (χ1n) is 9.53. The summed E-state index contributed by atoms with van der Waals surface area (Å²) in [5, 5.41) is 3.99. The number of aromatic nitrogens is 1. The van der Waals surface area contributed by atoms with E-state index in [0.29, 0.717) is 19.7 Å². The van der Waals surface area contributed by atoms with Gasteiger partial charge in [-0.3, -0.25) is 0 Å². The zero-order valence-electron chi connectivity index (χ0n) is 16.1. The number of hydrogen-bond acceptors (Lipinski definition) is 5. The SMILES string of the molecule is CCOc1ccc2nc(N3CCN(C(=O)Nc4cccc(C)c4)CC3)sc2c1. The highest BCUT2D eigenvalue weighted by atomic mass is 32.1. The number of aryl methyl sites for hydroxylation is 1. The molecule has 6 nitrogen and oxygen atoms in total. The van der Waals surface area contributed by atoms with Crippen LogP contribution in [0.4, 0.5) is 15.6 Å². The van der Waals surface area contributed by atoms with Gasteiger partial charge >= 0.3 is 6.03 Å². The van der Waals surface area contributed by atoms with Gasteiger partial charge in [-0.25, -0.2) is 9.78 Å². The van der Waals surface area contributed by atoms with E-state index in [9.17, 15) is 4.79 Å². The summed E-state index contributed by atoms with van der Waals surface area (Å²) < 4.78 is 6.70. The van der Waals surface area contributed by atoms with E-state index in [1.807, 2.05) is 61.2 Å². The molecule has 0 saturated carbocycles. The number of nitrogens with zero attached hydrogens (tertiary/aromatic N) is 3. The average Bonchev–Trinajstić information content (AvgIpc) is 3.12. The van der Waals surface area contributed by atoms with Crippen molar-refractivity contribution in [2.24, 2.45) is 0 Å². The van der Waals surface area contributed by atoms with Crippen LogP contribution in [0, 0.1) is 6.92 Å². The summed E-state index contributed by atoms with van der Waals surface area (Å²) in [6.07, 6.45) is 0. The summed E-state index contributed by atoms with van der Waals surface area (Å²) in [5.74, 6) is 0.878. The molecule has 0 bridgehead atoms. The molecule has 0 aliphatic carbocycles. The quantitative estimate of drug-likeness (QED) is 0.712. The predicted octanol–water partition coefficient (Wildman–Crippen LogP) is 4.36. The number of hydrogen-bond donors (Lipinski definition) is 1. The first-order valence-corrected chi connectivity index (χ1v) is 10.3. The topological polar surface area (TPSA) is 57.7 Å². The number of amides is 2. The van der Waals surface area contributed by atoms with Crippen molar-refractivity contribution in [2.75, 3.05) is 43.0 Å². The smallest absolute Gasteiger partial charge is 0.321 e. The molecule has 0 radical (unpaired) electrons. The number of carbonyl (C=O) groups is 1. The molecule has 28 heavy (non-hydrogen) atoms. The highest BCUT2D eigenvalue weighted by molar-refractivity contribution is 7.22. The van der Waals surface area contributed by atoms with Crippen LogP contribution in [0.1, 0.15) is 12.5 Å². The Kier molecular flexibility index (Phi) is 5.34. The van der Waals surface area contributed by atoms with Crippen LogP contribution in [0.15, 0.2) is 42.5 Å². The number of rotatable bonds is 4. The van der Waals surface area contributed by atoms with Gasteiger partial charge in [0.1, 0.15) is 5.75 Å². The van der Waals surface area contributed by atoms with Gasteiger partial charge in [-0.15, -0.1) is 0 Å². The molecule has 4 rings (SSSR count). The highest BCUT2D eigenvalue weighted by Gasteiger charge is 2.23. The summed E-state index contributed by atoms with van der Waals surface area (Å²) in [5.41, 5.74) is 2.96. The first-order chi connectivity index (χ1) is 13.6. The van der Waals surface area contributed by atoms with Crippen molar-refractivity contribution in [3.8, 4) is 5.75 Å². The van der Waals surface area contributed by atoms with Crippen LogP contribution in [0.2, 0.25) is 0 Å². The molecule has 0 atom stereocenters. The third-order valence-electron chi connectivity index (χ3n) is 4.77. The molecule has 1 aromatic heterocycles. The Labute approximate surface area is 168 Å². The third kappa shape index (κ3) is 4.04. The Balaban J connectivity index is 1.38. The Morgan fingerprint density at radius 1 is 1.18 bits per heavy atom. The first kappa shape index (κ1) is 18.6. The number of thiazole rings is 1. The fourth-order valence-electron chi connectivity index (χ4n) is 3.31. The Morgan fingerprint density at radius 3 is 2.75 bits per heavy atom. The van der Waals surface area contributed by atoms with E-state index in [4.69, 9.17) is 9.72 Å². The zero-order valence-corrected chi connectivity index (χ0v) is 17.0. The van der Waals surface area contributed by atoms with Crippen molar-refractivity contribution >= 4 is 38.4 Å².